The Morgan fingerprint density at radius 3 is 2.55 bits per heavy atom. The van der Waals surface area contributed by atoms with Crippen LogP contribution < -0.4 is 19.5 Å². The molecular weight excluding hydrogens is 394 g/mol. The van der Waals surface area contributed by atoms with Crippen molar-refractivity contribution < 1.29 is 19.0 Å². The first kappa shape index (κ1) is 20.5. The largest absolute Gasteiger partial charge is 0.497 e. The molecule has 9 nitrogen and oxygen atoms in total. The highest BCUT2D eigenvalue weighted by molar-refractivity contribution is 8.00. The van der Waals surface area contributed by atoms with Gasteiger partial charge in [0.25, 0.3) is 0 Å². The first-order valence-corrected chi connectivity index (χ1v) is 9.56. The molecule has 0 fully saturated rings. The molecular formula is C19H21N5O4S. The Morgan fingerprint density at radius 1 is 1.07 bits per heavy atom. The van der Waals surface area contributed by atoms with Crippen molar-refractivity contribution in [1.29, 1.82) is 0 Å². The molecule has 1 aromatic heterocycles. The van der Waals surface area contributed by atoms with E-state index in [4.69, 9.17) is 14.2 Å². The normalized spacial score (nSPS) is 11.6. The topological polar surface area (TPSA) is 100 Å². The Morgan fingerprint density at radius 2 is 1.83 bits per heavy atom. The number of amides is 1. The average Bonchev–Trinajstić information content (AvgIpc) is 3.21. The Hall–Kier alpha value is -3.27. The van der Waals surface area contributed by atoms with Crippen molar-refractivity contribution >= 4 is 23.4 Å². The van der Waals surface area contributed by atoms with Gasteiger partial charge in [0.2, 0.25) is 11.1 Å². The minimum Gasteiger partial charge on any atom is -0.497 e. The molecule has 0 saturated heterocycles. The van der Waals surface area contributed by atoms with E-state index >= 15 is 0 Å². The second-order valence-corrected chi connectivity index (χ2v) is 7.17. The molecule has 2 aromatic carbocycles. The SMILES string of the molecule is COc1ccc(OC)c(-n2nnnc2SC(C)C(=O)Nc2ccccc2OC)c1. The Bertz CT molecular complexity index is 994. The lowest BCUT2D eigenvalue weighted by molar-refractivity contribution is -0.115. The van der Waals surface area contributed by atoms with E-state index in [-0.39, 0.29) is 5.91 Å². The number of benzene rings is 2. The van der Waals surface area contributed by atoms with Crippen LogP contribution in [0.1, 0.15) is 6.92 Å². The molecule has 0 saturated carbocycles. The summed E-state index contributed by atoms with van der Waals surface area (Å²) in [5.74, 6) is 1.59. The van der Waals surface area contributed by atoms with Gasteiger partial charge in [-0.3, -0.25) is 4.79 Å². The fraction of sp³-hybridized carbons (Fsp3) is 0.263. The van der Waals surface area contributed by atoms with E-state index in [2.05, 4.69) is 20.8 Å². The van der Waals surface area contributed by atoms with Gasteiger partial charge in [0, 0.05) is 6.07 Å². The number of nitrogens with zero attached hydrogens (tertiary/aromatic N) is 4. The van der Waals surface area contributed by atoms with Gasteiger partial charge < -0.3 is 19.5 Å². The zero-order valence-corrected chi connectivity index (χ0v) is 17.3. The second-order valence-electron chi connectivity index (χ2n) is 5.86. The number of para-hydroxylation sites is 2. The van der Waals surface area contributed by atoms with Gasteiger partial charge in [-0.15, -0.1) is 5.10 Å². The van der Waals surface area contributed by atoms with Crippen molar-refractivity contribution in [3.63, 3.8) is 0 Å². The third-order valence-electron chi connectivity index (χ3n) is 4.07. The summed E-state index contributed by atoms with van der Waals surface area (Å²) in [5.41, 5.74) is 1.21. The molecule has 0 aliphatic heterocycles. The Balaban J connectivity index is 1.80. The number of carbonyl (C=O) groups is 1. The summed E-state index contributed by atoms with van der Waals surface area (Å²) in [6, 6.07) is 12.5. The molecule has 10 heteroatoms. The summed E-state index contributed by atoms with van der Waals surface area (Å²) in [7, 11) is 4.69. The van der Waals surface area contributed by atoms with E-state index in [0.717, 1.165) is 0 Å². The van der Waals surface area contributed by atoms with Crippen LogP contribution in [-0.4, -0.2) is 52.7 Å². The lowest BCUT2D eigenvalue weighted by Gasteiger charge is -2.14. The highest BCUT2D eigenvalue weighted by atomic mass is 32.2. The molecule has 0 aliphatic carbocycles. The number of tetrazole rings is 1. The molecule has 0 bridgehead atoms. The molecule has 0 spiro atoms. The highest BCUT2D eigenvalue weighted by Gasteiger charge is 2.22. The number of thioether (sulfide) groups is 1. The fourth-order valence-electron chi connectivity index (χ4n) is 2.56. The highest BCUT2D eigenvalue weighted by Crippen LogP contribution is 2.31. The first-order chi connectivity index (χ1) is 14.1. The molecule has 3 aromatic rings. The van der Waals surface area contributed by atoms with Crippen LogP contribution in [0, 0.1) is 0 Å². The number of rotatable bonds is 8. The Labute approximate surface area is 172 Å². The first-order valence-electron chi connectivity index (χ1n) is 8.68. The van der Waals surface area contributed by atoms with Gasteiger partial charge in [-0.25, -0.2) is 0 Å². The summed E-state index contributed by atoms with van der Waals surface area (Å²) in [6.45, 7) is 1.78. The summed E-state index contributed by atoms with van der Waals surface area (Å²) in [4.78, 5) is 12.7. The lowest BCUT2D eigenvalue weighted by Crippen LogP contribution is -2.23. The molecule has 29 heavy (non-hydrogen) atoms. The third kappa shape index (κ3) is 4.60. The quantitative estimate of drug-likeness (QED) is 0.561. The molecule has 1 amide bonds. The molecule has 1 N–H and O–H groups in total. The smallest absolute Gasteiger partial charge is 0.237 e. The van der Waals surface area contributed by atoms with Gasteiger partial charge in [-0.05, 0) is 41.6 Å². The monoisotopic (exact) mass is 415 g/mol. The number of nitrogens with one attached hydrogen (secondary N) is 1. The van der Waals surface area contributed by atoms with Gasteiger partial charge in [0.1, 0.15) is 22.9 Å². The predicted molar refractivity (Wildman–Crippen MR) is 109 cm³/mol. The van der Waals surface area contributed by atoms with Crippen LogP contribution in [0.2, 0.25) is 0 Å². The van der Waals surface area contributed by atoms with Crippen LogP contribution in [0.4, 0.5) is 5.69 Å². The molecule has 1 atom stereocenters. The zero-order valence-electron chi connectivity index (χ0n) is 16.4. The number of hydrogen-bond acceptors (Lipinski definition) is 8. The molecule has 1 unspecified atom stereocenters. The van der Waals surface area contributed by atoms with Crippen molar-refractivity contribution in [3.05, 3.63) is 42.5 Å². The van der Waals surface area contributed by atoms with E-state index in [1.807, 2.05) is 12.1 Å². The zero-order chi connectivity index (χ0) is 20.8. The summed E-state index contributed by atoms with van der Waals surface area (Å²) in [5, 5.41) is 14.7. The maximum absolute atomic E-state index is 12.7. The third-order valence-corrected chi connectivity index (χ3v) is 5.10. The predicted octanol–water partition coefficient (Wildman–Crippen LogP) is 2.81. The van der Waals surface area contributed by atoms with Gasteiger partial charge in [0.15, 0.2) is 0 Å². The maximum Gasteiger partial charge on any atom is 0.237 e. The molecule has 0 aliphatic rings. The minimum absolute atomic E-state index is 0.202. The van der Waals surface area contributed by atoms with Gasteiger partial charge in [0.05, 0.1) is 32.3 Å². The number of ether oxygens (including phenoxy) is 3. The van der Waals surface area contributed by atoms with Gasteiger partial charge >= 0.3 is 0 Å². The summed E-state index contributed by atoms with van der Waals surface area (Å²) < 4.78 is 17.5. The maximum atomic E-state index is 12.7. The van der Waals surface area contributed by atoms with Crippen LogP contribution in [0.15, 0.2) is 47.6 Å². The van der Waals surface area contributed by atoms with E-state index < -0.39 is 5.25 Å². The van der Waals surface area contributed by atoms with Gasteiger partial charge in [-0.2, -0.15) is 4.68 Å². The van der Waals surface area contributed by atoms with E-state index in [9.17, 15) is 4.79 Å². The summed E-state index contributed by atoms with van der Waals surface area (Å²) in [6.07, 6.45) is 0. The van der Waals surface area contributed by atoms with E-state index in [0.29, 0.717) is 33.8 Å². The number of hydrogen-bond donors (Lipinski definition) is 1. The molecule has 0 radical (unpaired) electrons. The molecule has 152 valence electrons. The lowest BCUT2D eigenvalue weighted by atomic mass is 10.3. The Kier molecular flexibility index (Phi) is 6.55. The number of carbonyl (C=O) groups excluding carboxylic acids is 1. The van der Waals surface area contributed by atoms with Crippen LogP contribution in [-0.2, 0) is 4.79 Å². The van der Waals surface area contributed by atoms with Crippen molar-refractivity contribution in [1.82, 2.24) is 20.2 Å². The van der Waals surface area contributed by atoms with Crippen molar-refractivity contribution in [2.24, 2.45) is 0 Å². The van der Waals surface area contributed by atoms with Gasteiger partial charge in [-0.1, -0.05) is 23.9 Å². The van der Waals surface area contributed by atoms with Crippen molar-refractivity contribution in [3.8, 4) is 22.9 Å². The number of methoxy groups -OCH3 is 3. The average molecular weight is 415 g/mol. The van der Waals surface area contributed by atoms with E-state index in [1.165, 1.54) is 16.4 Å². The van der Waals surface area contributed by atoms with Crippen LogP contribution >= 0.6 is 11.8 Å². The van der Waals surface area contributed by atoms with Crippen LogP contribution in [0.3, 0.4) is 0 Å². The molecule has 3 rings (SSSR count). The minimum atomic E-state index is -0.471. The standard InChI is InChI=1S/C19H21N5O4S/c1-12(18(25)20-14-7-5-6-8-16(14)27-3)29-19-21-22-23-24(19)15-11-13(26-2)9-10-17(15)28-4/h5-12H,1-4H3,(H,20,25). The number of aromatic nitrogens is 4. The van der Waals surface area contributed by atoms with Crippen molar-refractivity contribution in [2.45, 2.75) is 17.3 Å². The summed E-state index contributed by atoms with van der Waals surface area (Å²) >= 11 is 1.22. The second kappa shape index (κ2) is 9.28. The van der Waals surface area contributed by atoms with Crippen LogP contribution in [0.5, 0.6) is 17.2 Å². The van der Waals surface area contributed by atoms with E-state index in [1.54, 1.807) is 58.6 Å². The van der Waals surface area contributed by atoms with Crippen molar-refractivity contribution in [2.75, 3.05) is 26.6 Å². The molecule has 1 heterocycles. The number of anilines is 1. The fourth-order valence-corrected chi connectivity index (χ4v) is 3.36. The van der Waals surface area contributed by atoms with Crippen LogP contribution in [0.25, 0.3) is 5.69 Å².